The number of hydrogen-bond donors (Lipinski definition) is 3. The van der Waals surface area contributed by atoms with Crippen molar-refractivity contribution >= 4 is 11.8 Å². The van der Waals surface area contributed by atoms with Crippen molar-refractivity contribution in [2.75, 3.05) is 6.54 Å². The fraction of sp³-hybridized carbons (Fsp3) is 0.294. The Morgan fingerprint density at radius 2 is 1.96 bits per heavy atom. The topological polar surface area (TPSA) is 91.6 Å². The Kier molecular flexibility index (Phi) is 5.18. The van der Waals surface area contributed by atoms with Gasteiger partial charge in [0.05, 0.1) is 18.4 Å². The molecule has 0 saturated heterocycles. The van der Waals surface area contributed by atoms with Crippen LogP contribution in [-0.4, -0.2) is 29.5 Å². The molecule has 23 heavy (non-hydrogen) atoms. The van der Waals surface area contributed by atoms with Crippen LogP contribution in [0.5, 0.6) is 0 Å². The van der Waals surface area contributed by atoms with Crippen LogP contribution in [0, 0.1) is 0 Å². The second kappa shape index (κ2) is 7.11. The molecule has 1 aromatic carbocycles. The van der Waals surface area contributed by atoms with E-state index in [1.165, 1.54) is 18.6 Å². The van der Waals surface area contributed by atoms with E-state index in [0.29, 0.717) is 11.1 Å². The Balaban J connectivity index is 1.87. The molecule has 3 N–H and O–H groups in total. The van der Waals surface area contributed by atoms with Crippen molar-refractivity contribution in [3.05, 3.63) is 60.1 Å². The molecule has 0 saturated carbocycles. The Labute approximate surface area is 134 Å². The molecule has 0 spiro atoms. The highest BCUT2D eigenvalue weighted by atomic mass is 16.3. The number of aliphatic hydroxyl groups is 1. The van der Waals surface area contributed by atoms with Gasteiger partial charge >= 0.3 is 0 Å². The standard InChI is InChI=1S/C17H20N2O4/c1-12(19-16(21)13-8-9-23-10-13)15(20)18-11-17(2,22)14-6-4-3-5-7-14/h3-10,12,22H,11H2,1-2H3,(H,18,20)(H,19,21). The summed E-state index contributed by atoms with van der Waals surface area (Å²) in [4.78, 5) is 23.9. The van der Waals surface area contributed by atoms with Gasteiger partial charge in [-0.25, -0.2) is 0 Å². The fourth-order valence-corrected chi connectivity index (χ4v) is 2.05. The number of furan rings is 1. The van der Waals surface area contributed by atoms with Gasteiger partial charge in [-0.2, -0.15) is 0 Å². The molecule has 0 bridgehead atoms. The third kappa shape index (κ3) is 4.43. The minimum Gasteiger partial charge on any atom is -0.472 e. The van der Waals surface area contributed by atoms with Gasteiger partial charge in [0.1, 0.15) is 17.9 Å². The summed E-state index contributed by atoms with van der Waals surface area (Å²) in [5.74, 6) is -0.769. The van der Waals surface area contributed by atoms with Crippen molar-refractivity contribution in [3.63, 3.8) is 0 Å². The SMILES string of the molecule is CC(NC(=O)c1ccoc1)C(=O)NCC(C)(O)c1ccccc1. The molecule has 1 aromatic heterocycles. The number of benzene rings is 1. The van der Waals surface area contributed by atoms with E-state index in [2.05, 4.69) is 10.6 Å². The molecule has 2 aromatic rings. The third-order valence-corrected chi connectivity index (χ3v) is 3.53. The van der Waals surface area contributed by atoms with E-state index in [4.69, 9.17) is 4.42 Å². The van der Waals surface area contributed by atoms with Crippen LogP contribution in [0.15, 0.2) is 53.3 Å². The van der Waals surface area contributed by atoms with Crippen LogP contribution in [0.2, 0.25) is 0 Å². The highest BCUT2D eigenvalue weighted by molar-refractivity contribution is 5.97. The zero-order valence-corrected chi connectivity index (χ0v) is 13.1. The molecule has 6 heteroatoms. The lowest BCUT2D eigenvalue weighted by Crippen LogP contribution is -2.48. The Morgan fingerprint density at radius 3 is 2.57 bits per heavy atom. The molecule has 0 aliphatic heterocycles. The molecule has 0 aliphatic carbocycles. The van der Waals surface area contributed by atoms with Crippen molar-refractivity contribution < 1.29 is 19.1 Å². The van der Waals surface area contributed by atoms with Crippen molar-refractivity contribution in [1.29, 1.82) is 0 Å². The highest BCUT2D eigenvalue weighted by Gasteiger charge is 2.25. The largest absolute Gasteiger partial charge is 0.472 e. The van der Waals surface area contributed by atoms with Gasteiger partial charge in [0.25, 0.3) is 5.91 Å². The van der Waals surface area contributed by atoms with Gasteiger partial charge in [-0.1, -0.05) is 30.3 Å². The number of hydrogen-bond acceptors (Lipinski definition) is 4. The van der Waals surface area contributed by atoms with Crippen molar-refractivity contribution in [2.45, 2.75) is 25.5 Å². The minimum atomic E-state index is -1.19. The molecule has 2 unspecified atom stereocenters. The fourth-order valence-electron chi connectivity index (χ4n) is 2.05. The van der Waals surface area contributed by atoms with E-state index in [9.17, 15) is 14.7 Å². The number of carbonyl (C=O) groups is 2. The average molecular weight is 316 g/mol. The van der Waals surface area contributed by atoms with Crippen LogP contribution in [0.1, 0.15) is 29.8 Å². The lowest BCUT2D eigenvalue weighted by molar-refractivity contribution is -0.123. The summed E-state index contributed by atoms with van der Waals surface area (Å²) in [6, 6.07) is 9.85. The summed E-state index contributed by atoms with van der Waals surface area (Å²) in [7, 11) is 0. The zero-order valence-electron chi connectivity index (χ0n) is 13.1. The lowest BCUT2D eigenvalue weighted by Gasteiger charge is -2.25. The molecule has 0 aliphatic rings. The predicted molar refractivity (Wildman–Crippen MR) is 84.7 cm³/mol. The Bertz CT molecular complexity index is 650. The second-order valence-corrected chi connectivity index (χ2v) is 5.56. The van der Waals surface area contributed by atoms with Gasteiger partial charge in [-0.15, -0.1) is 0 Å². The third-order valence-electron chi connectivity index (χ3n) is 3.53. The number of rotatable bonds is 6. The molecule has 0 radical (unpaired) electrons. The quantitative estimate of drug-likeness (QED) is 0.751. The van der Waals surface area contributed by atoms with E-state index in [1.54, 1.807) is 26.0 Å². The van der Waals surface area contributed by atoms with Gasteiger partial charge in [0.2, 0.25) is 5.91 Å². The highest BCUT2D eigenvalue weighted by Crippen LogP contribution is 2.18. The first-order chi connectivity index (χ1) is 10.9. The van der Waals surface area contributed by atoms with E-state index < -0.39 is 17.6 Å². The first-order valence-electron chi connectivity index (χ1n) is 7.29. The second-order valence-electron chi connectivity index (χ2n) is 5.56. The van der Waals surface area contributed by atoms with Gasteiger partial charge in [-0.3, -0.25) is 9.59 Å². The molecular formula is C17H20N2O4. The summed E-state index contributed by atoms with van der Waals surface area (Å²) in [6.45, 7) is 3.24. The Hall–Kier alpha value is -2.60. The number of nitrogens with one attached hydrogen (secondary N) is 2. The van der Waals surface area contributed by atoms with Gasteiger partial charge < -0.3 is 20.2 Å². The van der Waals surface area contributed by atoms with Crippen LogP contribution in [0.4, 0.5) is 0 Å². The van der Waals surface area contributed by atoms with E-state index in [0.717, 1.165) is 0 Å². The van der Waals surface area contributed by atoms with E-state index in [1.807, 2.05) is 18.2 Å². The molecule has 2 rings (SSSR count). The van der Waals surface area contributed by atoms with E-state index in [-0.39, 0.29) is 12.5 Å². The molecule has 6 nitrogen and oxygen atoms in total. The summed E-state index contributed by atoms with van der Waals surface area (Å²) < 4.78 is 4.82. The Morgan fingerprint density at radius 1 is 1.26 bits per heavy atom. The van der Waals surface area contributed by atoms with Crippen molar-refractivity contribution in [1.82, 2.24) is 10.6 Å². The maximum atomic E-state index is 12.1. The molecule has 1 heterocycles. The normalized spacial score (nSPS) is 14.6. The smallest absolute Gasteiger partial charge is 0.255 e. The van der Waals surface area contributed by atoms with Crippen LogP contribution in [0.3, 0.4) is 0 Å². The number of carbonyl (C=O) groups excluding carboxylic acids is 2. The van der Waals surface area contributed by atoms with Crippen LogP contribution >= 0.6 is 0 Å². The molecule has 0 fully saturated rings. The first kappa shape index (κ1) is 16.8. The number of amides is 2. The lowest BCUT2D eigenvalue weighted by atomic mass is 9.96. The van der Waals surface area contributed by atoms with Crippen molar-refractivity contribution in [2.24, 2.45) is 0 Å². The monoisotopic (exact) mass is 316 g/mol. The average Bonchev–Trinajstić information content (AvgIpc) is 3.08. The van der Waals surface area contributed by atoms with Crippen LogP contribution < -0.4 is 10.6 Å². The van der Waals surface area contributed by atoms with Gasteiger partial charge in [-0.05, 0) is 25.5 Å². The van der Waals surface area contributed by atoms with Gasteiger partial charge in [0, 0.05) is 0 Å². The molecule has 2 atom stereocenters. The van der Waals surface area contributed by atoms with Gasteiger partial charge in [0.15, 0.2) is 0 Å². The van der Waals surface area contributed by atoms with Crippen LogP contribution in [0.25, 0.3) is 0 Å². The molecular weight excluding hydrogens is 296 g/mol. The molecule has 122 valence electrons. The summed E-state index contributed by atoms with van der Waals surface area (Å²) in [5.41, 5.74) is -0.137. The summed E-state index contributed by atoms with van der Waals surface area (Å²) in [6.07, 6.45) is 2.69. The maximum Gasteiger partial charge on any atom is 0.255 e. The van der Waals surface area contributed by atoms with E-state index >= 15 is 0 Å². The predicted octanol–water partition coefficient (Wildman–Crippen LogP) is 1.42. The first-order valence-corrected chi connectivity index (χ1v) is 7.29. The minimum absolute atomic E-state index is 0.0434. The maximum absolute atomic E-state index is 12.1. The summed E-state index contributed by atoms with van der Waals surface area (Å²) in [5, 5.41) is 15.6. The zero-order chi connectivity index (χ0) is 16.9. The summed E-state index contributed by atoms with van der Waals surface area (Å²) >= 11 is 0. The van der Waals surface area contributed by atoms with Crippen LogP contribution in [-0.2, 0) is 10.4 Å². The molecule has 2 amide bonds. The van der Waals surface area contributed by atoms with Crippen molar-refractivity contribution in [3.8, 4) is 0 Å².